The van der Waals surface area contributed by atoms with Crippen LogP contribution in [-0.2, 0) is 4.79 Å². The molecule has 2 nitrogen and oxygen atoms in total. The first-order chi connectivity index (χ1) is 7.84. The van der Waals surface area contributed by atoms with Gasteiger partial charge in [0.05, 0.1) is 0 Å². The molecule has 0 aliphatic heterocycles. The van der Waals surface area contributed by atoms with Crippen molar-refractivity contribution in [2.45, 2.75) is 12.8 Å². The molecule has 80 valence electrons. The number of nitrogens with one attached hydrogen (secondary N) is 1. The van der Waals surface area contributed by atoms with E-state index in [1.165, 1.54) is 0 Å². The van der Waals surface area contributed by atoms with Crippen LogP contribution in [0, 0.1) is 5.92 Å². The van der Waals surface area contributed by atoms with Gasteiger partial charge < -0.3 is 5.32 Å². The summed E-state index contributed by atoms with van der Waals surface area (Å²) in [4.78, 5) is 11.7. The van der Waals surface area contributed by atoms with Crippen LogP contribution in [0.3, 0.4) is 0 Å². The van der Waals surface area contributed by atoms with Gasteiger partial charge >= 0.3 is 0 Å². The standard InChI is InChI=1S/C14H13NO/c16-14(11-8-9-11)15-13-7-3-5-10-4-1-2-6-12(10)13/h1-7,11H,8-9H2,(H,15,16). The Bertz CT molecular complexity index is 538. The maximum Gasteiger partial charge on any atom is 0.227 e. The predicted molar refractivity (Wildman–Crippen MR) is 65.3 cm³/mol. The lowest BCUT2D eigenvalue weighted by Crippen LogP contribution is -2.13. The lowest BCUT2D eigenvalue weighted by Gasteiger charge is -2.07. The van der Waals surface area contributed by atoms with Crippen molar-refractivity contribution in [2.75, 3.05) is 5.32 Å². The maximum atomic E-state index is 11.7. The molecule has 0 heterocycles. The summed E-state index contributed by atoms with van der Waals surface area (Å²) < 4.78 is 0. The summed E-state index contributed by atoms with van der Waals surface area (Å²) >= 11 is 0. The number of carbonyl (C=O) groups excluding carboxylic acids is 1. The lowest BCUT2D eigenvalue weighted by atomic mass is 10.1. The first-order valence-corrected chi connectivity index (χ1v) is 5.63. The zero-order valence-electron chi connectivity index (χ0n) is 8.94. The molecule has 0 atom stereocenters. The molecule has 2 heteroatoms. The highest BCUT2D eigenvalue weighted by molar-refractivity contribution is 6.03. The summed E-state index contributed by atoms with van der Waals surface area (Å²) in [5.41, 5.74) is 0.926. The van der Waals surface area contributed by atoms with E-state index in [-0.39, 0.29) is 11.8 Å². The largest absolute Gasteiger partial charge is 0.325 e. The molecular weight excluding hydrogens is 198 g/mol. The minimum absolute atomic E-state index is 0.163. The first-order valence-electron chi connectivity index (χ1n) is 5.63. The topological polar surface area (TPSA) is 29.1 Å². The zero-order valence-corrected chi connectivity index (χ0v) is 8.94. The van der Waals surface area contributed by atoms with Gasteiger partial charge in [0.25, 0.3) is 0 Å². The van der Waals surface area contributed by atoms with Crippen LogP contribution in [0.4, 0.5) is 5.69 Å². The van der Waals surface area contributed by atoms with Gasteiger partial charge in [-0.3, -0.25) is 4.79 Å². The SMILES string of the molecule is O=C(Nc1cccc2ccccc12)C1CC1. The van der Waals surface area contributed by atoms with Crippen molar-refractivity contribution in [1.82, 2.24) is 0 Å². The Balaban J connectivity index is 1.99. The minimum atomic E-state index is 0.163. The molecule has 16 heavy (non-hydrogen) atoms. The van der Waals surface area contributed by atoms with E-state index in [0.717, 1.165) is 29.3 Å². The molecule has 0 saturated heterocycles. The van der Waals surface area contributed by atoms with E-state index < -0.39 is 0 Å². The Labute approximate surface area is 94.3 Å². The average molecular weight is 211 g/mol. The highest BCUT2D eigenvalue weighted by Gasteiger charge is 2.29. The number of hydrogen-bond acceptors (Lipinski definition) is 1. The monoisotopic (exact) mass is 211 g/mol. The number of anilines is 1. The van der Waals surface area contributed by atoms with Gasteiger partial charge in [-0.1, -0.05) is 36.4 Å². The molecule has 0 aromatic heterocycles. The van der Waals surface area contributed by atoms with Gasteiger partial charge in [-0.2, -0.15) is 0 Å². The van der Waals surface area contributed by atoms with Crippen molar-refractivity contribution in [2.24, 2.45) is 5.92 Å². The number of fused-ring (bicyclic) bond motifs is 1. The second-order valence-corrected chi connectivity index (χ2v) is 4.29. The Morgan fingerprint density at radius 2 is 1.81 bits per heavy atom. The van der Waals surface area contributed by atoms with Crippen molar-refractivity contribution in [3.63, 3.8) is 0 Å². The lowest BCUT2D eigenvalue weighted by molar-refractivity contribution is -0.117. The Morgan fingerprint density at radius 3 is 2.62 bits per heavy atom. The third-order valence-electron chi connectivity index (χ3n) is 3.00. The Hall–Kier alpha value is -1.83. The molecule has 0 radical (unpaired) electrons. The van der Waals surface area contributed by atoms with Crippen molar-refractivity contribution in [3.8, 4) is 0 Å². The minimum Gasteiger partial charge on any atom is -0.325 e. The number of rotatable bonds is 2. The van der Waals surface area contributed by atoms with E-state index in [1.54, 1.807) is 0 Å². The molecule has 0 spiro atoms. The van der Waals surface area contributed by atoms with Gasteiger partial charge in [0.2, 0.25) is 5.91 Å². The van der Waals surface area contributed by atoms with E-state index in [1.807, 2.05) is 30.3 Å². The predicted octanol–water partition coefficient (Wildman–Crippen LogP) is 3.19. The van der Waals surface area contributed by atoms with Crippen LogP contribution in [0.5, 0.6) is 0 Å². The highest BCUT2D eigenvalue weighted by Crippen LogP contribution is 2.31. The summed E-state index contributed by atoms with van der Waals surface area (Å²) in [5.74, 6) is 0.412. The molecule has 2 aromatic carbocycles. The number of carbonyl (C=O) groups is 1. The molecule has 1 fully saturated rings. The van der Waals surface area contributed by atoms with Gasteiger partial charge in [0.15, 0.2) is 0 Å². The van der Waals surface area contributed by atoms with Crippen LogP contribution < -0.4 is 5.32 Å². The molecule has 0 bridgehead atoms. The second kappa shape index (κ2) is 3.63. The summed E-state index contributed by atoms with van der Waals surface area (Å²) in [7, 11) is 0. The van der Waals surface area contributed by atoms with E-state index in [2.05, 4.69) is 17.4 Å². The molecule has 1 amide bonds. The average Bonchev–Trinajstić information content (AvgIpc) is 3.13. The summed E-state index contributed by atoms with van der Waals surface area (Å²) in [6.45, 7) is 0. The van der Waals surface area contributed by atoms with Gasteiger partial charge in [-0.05, 0) is 24.3 Å². The van der Waals surface area contributed by atoms with Crippen molar-refractivity contribution in [3.05, 3.63) is 42.5 Å². The van der Waals surface area contributed by atoms with Crippen LogP contribution in [0.2, 0.25) is 0 Å². The van der Waals surface area contributed by atoms with Gasteiger partial charge in [0, 0.05) is 17.0 Å². The summed E-state index contributed by atoms with van der Waals surface area (Å²) in [5, 5.41) is 5.28. The fourth-order valence-corrected chi connectivity index (χ4v) is 1.91. The molecule has 3 rings (SSSR count). The van der Waals surface area contributed by atoms with E-state index >= 15 is 0 Å². The molecule has 1 N–H and O–H groups in total. The summed E-state index contributed by atoms with van der Waals surface area (Å²) in [6.07, 6.45) is 2.08. The van der Waals surface area contributed by atoms with E-state index in [9.17, 15) is 4.79 Å². The Morgan fingerprint density at radius 1 is 1.06 bits per heavy atom. The smallest absolute Gasteiger partial charge is 0.227 e. The second-order valence-electron chi connectivity index (χ2n) is 4.29. The van der Waals surface area contributed by atoms with Crippen LogP contribution in [0.15, 0.2) is 42.5 Å². The van der Waals surface area contributed by atoms with Crippen LogP contribution >= 0.6 is 0 Å². The van der Waals surface area contributed by atoms with Gasteiger partial charge in [0.1, 0.15) is 0 Å². The zero-order chi connectivity index (χ0) is 11.0. The quantitative estimate of drug-likeness (QED) is 0.812. The first kappa shape index (κ1) is 9.40. The van der Waals surface area contributed by atoms with Crippen LogP contribution in [-0.4, -0.2) is 5.91 Å². The number of hydrogen-bond donors (Lipinski definition) is 1. The van der Waals surface area contributed by atoms with Crippen molar-refractivity contribution >= 4 is 22.4 Å². The molecule has 1 aliphatic carbocycles. The van der Waals surface area contributed by atoms with Gasteiger partial charge in [-0.25, -0.2) is 0 Å². The molecule has 1 saturated carbocycles. The third-order valence-corrected chi connectivity index (χ3v) is 3.00. The molecular formula is C14H13NO. The van der Waals surface area contributed by atoms with E-state index in [4.69, 9.17) is 0 Å². The summed E-state index contributed by atoms with van der Waals surface area (Å²) in [6, 6.07) is 14.1. The molecule has 0 unspecified atom stereocenters. The van der Waals surface area contributed by atoms with Crippen LogP contribution in [0.1, 0.15) is 12.8 Å². The fourth-order valence-electron chi connectivity index (χ4n) is 1.91. The van der Waals surface area contributed by atoms with Crippen molar-refractivity contribution < 1.29 is 4.79 Å². The molecule has 2 aromatic rings. The normalized spacial score (nSPS) is 15.0. The van der Waals surface area contributed by atoms with Gasteiger partial charge in [-0.15, -0.1) is 0 Å². The Kier molecular flexibility index (Phi) is 2.13. The number of benzene rings is 2. The third kappa shape index (κ3) is 1.67. The maximum absolute atomic E-state index is 11.7. The van der Waals surface area contributed by atoms with E-state index in [0.29, 0.717) is 0 Å². The highest BCUT2D eigenvalue weighted by atomic mass is 16.2. The molecule has 1 aliphatic rings. The van der Waals surface area contributed by atoms with Crippen LogP contribution in [0.25, 0.3) is 10.8 Å². The fraction of sp³-hybridized carbons (Fsp3) is 0.214. The van der Waals surface area contributed by atoms with Crippen molar-refractivity contribution in [1.29, 1.82) is 0 Å². The number of amides is 1.